The number of methoxy groups -OCH3 is 2. The molecule has 1 aromatic rings. The summed E-state index contributed by atoms with van der Waals surface area (Å²) < 4.78 is 10.4. The third-order valence-electron chi connectivity index (χ3n) is 2.20. The summed E-state index contributed by atoms with van der Waals surface area (Å²) in [5.74, 6) is 0.260. The molecule has 72 valence electrons. The molecule has 2 heteroatoms. The molecular weight excluding hydrogens is 164 g/mol. The molecule has 0 unspecified atom stereocenters. The van der Waals surface area contributed by atoms with E-state index in [1.54, 1.807) is 14.2 Å². The number of ether oxygens (including phenoxy) is 2. The van der Waals surface area contributed by atoms with E-state index in [1.165, 1.54) is 5.56 Å². The molecule has 1 rings (SSSR count). The molecular formula is C11H16O2. The van der Waals surface area contributed by atoms with Crippen molar-refractivity contribution in [3.8, 4) is 0 Å². The van der Waals surface area contributed by atoms with E-state index in [4.69, 9.17) is 9.47 Å². The average molecular weight is 180 g/mol. The van der Waals surface area contributed by atoms with Gasteiger partial charge in [-0.2, -0.15) is 0 Å². The summed E-state index contributed by atoms with van der Waals surface area (Å²) in [7, 11) is 3.32. The van der Waals surface area contributed by atoms with E-state index in [0.29, 0.717) is 0 Å². The van der Waals surface area contributed by atoms with Gasteiger partial charge in [-0.1, -0.05) is 37.3 Å². The van der Waals surface area contributed by atoms with Crippen LogP contribution >= 0.6 is 0 Å². The topological polar surface area (TPSA) is 18.5 Å². The molecule has 0 fully saturated rings. The molecule has 0 bridgehead atoms. The first kappa shape index (κ1) is 10.2. The first-order valence-corrected chi connectivity index (χ1v) is 4.40. The molecule has 0 N–H and O–H groups in total. The molecule has 1 aromatic carbocycles. The van der Waals surface area contributed by atoms with Crippen LogP contribution in [0.25, 0.3) is 0 Å². The Morgan fingerprint density at radius 1 is 1.00 bits per heavy atom. The van der Waals surface area contributed by atoms with Crippen molar-refractivity contribution in [3.63, 3.8) is 0 Å². The Bertz CT molecular complexity index is 229. The maximum Gasteiger partial charge on any atom is 0.163 e. The van der Waals surface area contributed by atoms with Crippen molar-refractivity contribution in [3.05, 3.63) is 35.9 Å². The van der Waals surface area contributed by atoms with Gasteiger partial charge in [-0.15, -0.1) is 0 Å². The van der Waals surface area contributed by atoms with Gasteiger partial charge >= 0.3 is 0 Å². The van der Waals surface area contributed by atoms with Crippen molar-refractivity contribution >= 4 is 0 Å². The summed E-state index contributed by atoms with van der Waals surface area (Å²) in [4.78, 5) is 0. The zero-order valence-electron chi connectivity index (χ0n) is 8.36. The quantitative estimate of drug-likeness (QED) is 0.662. The maximum absolute atomic E-state index is 5.19. The normalized spacial score (nSPS) is 13.2. The Morgan fingerprint density at radius 2 is 1.54 bits per heavy atom. The van der Waals surface area contributed by atoms with Crippen molar-refractivity contribution in [2.45, 2.75) is 19.1 Å². The van der Waals surface area contributed by atoms with Crippen LogP contribution in [0.15, 0.2) is 30.3 Å². The summed E-state index contributed by atoms with van der Waals surface area (Å²) in [5, 5.41) is 0. The minimum absolute atomic E-state index is 0.164. The fourth-order valence-corrected chi connectivity index (χ4v) is 1.42. The Labute approximate surface area is 79.5 Å². The van der Waals surface area contributed by atoms with Gasteiger partial charge in [0.05, 0.1) is 0 Å². The lowest BCUT2D eigenvalue weighted by Crippen LogP contribution is -2.20. The summed E-state index contributed by atoms with van der Waals surface area (Å²) >= 11 is 0. The second-order valence-corrected chi connectivity index (χ2v) is 3.04. The van der Waals surface area contributed by atoms with Gasteiger partial charge in [0.2, 0.25) is 0 Å². The number of hydrogen-bond donors (Lipinski definition) is 0. The summed E-state index contributed by atoms with van der Waals surface area (Å²) in [6.07, 6.45) is -0.164. The summed E-state index contributed by atoms with van der Waals surface area (Å²) in [6.45, 7) is 2.09. The molecule has 0 amide bonds. The van der Waals surface area contributed by atoms with Gasteiger partial charge in [-0.25, -0.2) is 0 Å². The van der Waals surface area contributed by atoms with Gasteiger partial charge in [-0.3, -0.25) is 0 Å². The van der Waals surface area contributed by atoms with Gasteiger partial charge in [-0.05, 0) is 5.56 Å². The zero-order valence-corrected chi connectivity index (χ0v) is 8.36. The fourth-order valence-electron chi connectivity index (χ4n) is 1.42. The van der Waals surface area contributed by atoms with Crippen molar-refractivity contribution in [1.29, 1.82) is 0 Å². The van der Waals surface area contributed by atoms with Crippen LogP contribution in [0.2, 0.25) is 0 Å². The van der Waals surface area contributed by atoms with Crippen molar-refractivity contribution < 1.29 is 9.47 Å². The molecule has 1 atom stereocenters. The van der Waals surface area contributed by atoms with Crippen LogP contribution in [0.3, 0.4) is 0 Å². The molecule has 0 aromatic heterocycles. The first-order valence-electron chi connectivity index (χ1n) is 4.40. The third-order valence-corrected chi connectivity index (χ3v) is 2.20. The first-order chi connectivity index (χ1) is 6.29. The Morgan fingerprint density at radius 3 is 2.00 bits per heavy atom. The minimum atomic E-state index is -0.164. The van der Waals surface area contributed by atoms with Crippen LogP contribution in [0.4, 0.5) is 0 Å². The van der Waals surface area contributed by atoms with E-state index < -0.39 is 0 Å². The second kappa shape index (κ2) is 5.00. The Balaban J connectivity index is 2.72. The molecule has 0 aliphatic heterocycles. The Hall–Kier alpha value is -0.860. The number of benzene rings is 1. The van der Waals surface area contributed by atoms with Gasteiger partial charge in [0.25, 0.3) is 0 Å². The predicted octanol–water partition coefficient (Wildman–Crippen LogP) is 2.41. The molecule has 13 heavy (non-hydrogen) atoms. The zero-order chi connectivity index (χ0) is 9.68. The largest absolute Gasteiger partial charge is 0.355 e. The van der Waals surface area contributed by atoms with Crippen LogP contribution in [0.1, 0.15) is 18.4 Å². The van der Waals surface area contributed by atoms with Crippen LogP contribution < -0.4 is 0 Å². The molecule has 0 saturated carbocycles. The lowest BCUT2D eigenvalue weighted by Gasteiger charge is -2.21. The van der Waals surface area contributed by atoms with Gasteiger partial charge in [0, 0.05) is 20.1 Å². The van der Waals surface area contributed by atoms with E-state index in [2.05, 4.69) is 19.1 Å². The minimum Gasteiger partial charge on any atom is -0.355 e. The fraction of sp³-hybridized carbons (Fsp3) is 0.455. The summed E-state index contributed by atoms with van der Waals surface area (Å²) in [5.41, 5.74) is 1.23. The van der Waals surface area contributed by atoms with Crippen molar-refractivity contribution in [1.82, 2.24) is 0 Å². The molecule has 0 heterocycles. The maximum atomic E-state index is 5.19. The molecule has 0 radical (unpaired) electrons. The molecule has 2 nitrogen and oxygen atoms in total. The lowest BCUT2D eigenvalue weighted by molar-refractivity contribution is -0.115. The SMILES string of the molecule is COC(OC)[C@@H](C)c1ccccc1. The second-order valence-electron chi connectivity index (χ2n) is 3.04. The summed E-state index contributed by atoms with van der Waals surface area (Å²) in [6, 6.07) is 10.2. The molecule has 0 aliphatic rings. The van der Waals surface area contributed by atoms with Crippen molar-refractivity contribution in [2.75, 3.05) is 14.2 Å². The highest BCUT2D eigenvalue weighted by molar-refractivity contribution is 5.19. The van der Waals surface area contributed by atoms with Crippen LogP contribution in [0, 0.1) is 0 Å². The van der Waals surface area contributed by atoms with E-state index in [9.17, 15) is 0 Å². The van der Waals surface area contributed by atoms with Gasteiger partial charge in [0.15, 0.2) is 6.29 Å². The molecule has 0 spiro atoms. The van der Waals surface area contributed by atoms with E-state index in [1.807, 2.05) is 18.2 Å². The van der Waals surface area contributed by atoms with E-state index in [0.717, 1.165) is 0 Å². The molecule has 0 saturated heterocycles. The highest BCUT2D eigenvalue weighted by Crippen LogP contribution is 2.20. The van der Waals surface area contributed by atoms with E-state index in [-0.39, 0.29) is 12.2 Å². The monoisotopic (exact) mass is 180 g/mol. The predicted molar refractivity (Wildman–Crippen MR) is 52.7 cm³/mol. The van der Waals surface area contributed by atoms with Crippen LogP contribution in [-0.2, 0) is 9.47 Å². The van der Waals surface area contributed by atoms with Crippen molar-refractivity contribution in [2.24, 2.45) is 0 Å². The highest BCUT2D eigenvalue weighted by Gasteiger charge is 2.16. The average Bonchev–Trinajstić information content (AvgIpc) is 2.21. The smallest absolute Gasteiger partial charge is 0.163 e. The molecule has 0 aliphatic carbocycles. The van der Waals surface area contributed by atoms with Gasteiger partial charge < -0.3 is 9.47 Å². The van der Waals surface area contributed by atoms with Crippen LogP contribution in [-0.4, -0.2) is 20.5 Å². The number of hydrogen-bond acceptors (Lipinski definition) is 2. The lowest BCUT2D eigenvalue weighted by atomic mass is 10.0. The number of rotatable bonds is 4. The third kappa shape index (κ3) is 2.54. The Kier molecular flexibility index (Phi) is 3.93. The van der Waals surface area contributed by atoms with Gasteiger partial charge in [0.1, 0.15) is 0 Å². The van der Waals surface area contributed by atoms with E-state index >= 15 is 0 Å². The highest BCUT2D eigenvalue weighted by atomic mass is 16.7. The van der Waals surface area contributed by atoms with Crippen LogP contribution in [0.5, 0.6) is 0 Å². The standard InChI is InChI=1S/C11H16O2/c1-9(11(12-2)13-3)10-7-5-4-6-8-10/h4-9,11H,1-3H3/t9-/m0/s1.